The number of fused-ring (bicyclic) bond motifs is 12. The molecule has 3 aliphatic rings. The maximum Gasteiger partial charge on any atom is 0.131 e. The molecule has 0 atom stereocenters. The van der Waals surface area contributed by atoms with Gasteiger partial charge in [-0.3, -0.25) is 0 Å². The second-order valence-electron chi connectivity index (χ2n) is 19.9. The Labute approximate surface area is 401 Å². The van der Waals surface area contributed by atoms with E-state index in [9.17, 15) is 0 Å². The molecule has 0 spiro atoms. The summed E-state index contributed by atoms with van der Waals surface area (Å²) >= 11 is 1.92. The van der Waals surface area contributed by atoms with E-state index in [-0.39, 0.29) is 10.8 Å². The molecule has 11 aromatic rings. The van der Waals surface area contributed by atoms with Crippen LogP contribution in [0.15, 0.2) is 212 Å². The van der Waals surface area contributed by atoms with Gasteiger partial charge in [-0.25, -0.2) is 0 Å². The second-order valence-corrected chi connectivity index (χ2v) is 21.0. The molecular weight excluding hydrogens is 843 g/mol. The molecule has 3 heteroatoms. The molecule has 324 valence electrons. The second kappa shape index (κ2) is 14.2. The number of hydrogen-bond donors (Lipinski definition) is 0. The van der Waals surface area contributed by atoms with Gasteiger partial charge in [0.05, 0.1) is 15.8 Å². The van der Waals surface area contributed by atoms with Gasteiger partial charge in [0, 0.05) is 54.2 Å². The Hall–Kier alpha value is -7.72. The van der Waals surface area contributed by atoms with E-state index in [4.69, 9.17) is 4.74 Å². The van der Waals surface area contributed by atoms with Crippen molar-refractivity contribution in [3.8, 4) is 33.8 Å². The SMILES string of the molecule is CC1(C)c2ccccc2Oc2ccc(N(c3ccc4c(c3)C(C)(C)c3ccccc3-4)c3c4ccccc4c(C4(c5ccccc5)c5ccccc5-c5ccccc54)c4c3sc3ccccc34)cc21. The zero-order valence-corrected chi connectivity index (χ0v) is 39.3. The van der Waals surface area contributed by atoms with E-state index >= 15 is 0 Å². The lowest BCUT2D eigenvalue weighted by Gasteiger charge is -2.38. The Kier molecular flexibility index (Phi) is 8.21. The van der Waals surface area contributed by atoms with Gasteiger partial charge in [-0.15, -0.1) is 11.3 Å². The van der Waals surface area contributed by atoms with Gasteiger partial charge in [-0.1, -0.05) is 198 Å². The molecule has 0 N–H and O–H groups in total. The molecule has 2 aliphatic carbocycles. The molecule has 2 heterocycles. The summed E-state index contributed by atoms with van der Waals surface area (Å²) in [6.07, 6.45) is 0. The molecule has 0 amide bonds. The van der Waals surface area contributed by atoms with Gasteiger partial charge in [0.2, 0.25) is 0 Å². The van der Waals surface area contributed by atoms with Gasteiger partial charge in [-0.05, 0) is 103 Å². The maximum atomic E-state index is 6.73. The molecule has 0 saturated carbocycles. The van der Waals surface area contributed by atoms with Crippen LogP contribution in [-0.2, 0) is 16.2 Å². The predicted octanol–water partition coefficient (Wildman–Crippen LogP) is 17.8. The molecule has 0 unspecified atom stereocenters. The third-order valence-electron chi connectivity index (χ3n) is 15.8. The Morgan fingerprint density at radius 1 is 0.397 bits per heavy atom. The van der Waals surface area contributed by atoms with Crippen LogP contribution in [0.2, 0.25) is 0 Å². The summed E-state index contributed by atoms with van der Waals surface area (Å²) in [6, 6.07) is 79.6. The molecule has 0 radical (unpaired) electrons. The summed E-state index contributed by atoms with van der Waals surface area (Å²) in [5.74, 6) is 1.82. The third-order valence-corrected chi connectivity index (χ3v) is 16.9. The highest BCUT2D eigenvalue weighted by Gasteiger charge is 2.49. The van der Waals surface area contributed by atoms with E-state index in [1.165, 1.54) is 103 Å². The predicted molar refractivity (Wildman–Crippen MR) is 285 cm³/mol. The Morgan fingerprint density at radius 3 is 1.62 bits per heavy atom. The molecule has 0 fully saturated rings. The van der Waals surface area contributed by atoms with Crippen LogP contribution in [-0.4, -0.2) is 0 Å². The fourth-order valence-corrected chi connectivity index (χ4v) is 14.0. The first-order valence-electron chi connectivity index (χ1n) is 23.8. The van der Waals surface area contributed by atoms with Gasteiger partial charge >= 0.3 is 0 Å². The summed E-state index contributed by atoms with van der Waals surface area (Å²) in [6.45, 7) is 9.45. The summed E-state index contributed by atoms with van der Waals surface area (Å²) in [5.41, 5.74) is 17.8. The molecule has 2 nitrogen and oxygen atoms in total. The van der Waals surface area contributed by atoms with Crippen LogP contribution < -0.4 is 9.64 Å². The van der Waals surface area contributed by atoms with Crippen molar-refractivity contribution in [2.24, 2.45) is 0 Å². The van der Waals surface area contributed by atoms with Crippen LogP contribution in [0.3, 0.4) is 0 Å². The molecule has 14 rings (SSSR count). The van der Waals surface area contributed by atoms with E-state index in [1.54, 1.807) is 0 Å². The van der Waals surface area contributed by atoms with Gasteiger partial charge in [0.25, 0.3) is 0 Å². The average molecular weight is 890 g/mol. The average Bonchev–Trinajstić information content (AvgIpc) is 3.98. The lowest BCUT2D eigenvalue weighted by atomic mass is 9.65. The van der Waals surface area contributed by atoms with Crippen LogP contribution in [0.1, 0.15) is 72.2 Å². The van der Waals surface area contributed by atoms with Crippen molar-refractivity contribution in [2.75, 3.05) is 4.90 Å². The largest absolute Gasteiger partial charge is 0.457 e. The third kappa shape index (κ3) is 5.17. The number of nitrogens with zero attached hydrogens (tertiary/aromatic N) is 1. The first-order valence-corrected chi connectivity index (χ1v) is 24.7. The number of hydrogen-bond acceptors (Lipinski definition) is 3. The van der Waals surface area contributed by atoms with Crippen molar-refractivity contribution >= 4 is 59.3 Å². The minimum Gasteiger partial charge on any atom is -0.457 e. The quantitative estimate of drug-likeness (QED) is 0.171. The van der Waals surface area contributed by atoms with Crippen molar-refractivity contribution in [1.29, 1.82) is 0 Å². The lowest BCUT2D eigenvalue weighted by Crippen LogP contribution is -2.29. The van der Waals surface area contributed by atoms with Crippen LogP contribution in [0.4, 0.5) is 17.1 Å². The lowest BCUT2D eigenvalue weighted by molar-refractivity contribution is 0.418. The number of benzene rings is 10. The fourth-order valence-electron chi connectivity index (χ4n) is 12.7. The summed E-state index contributed by atoms with van der Waals surface area (Å²) in [7, 11) is 0. The smallest absolute Gasteiger partial charge is 0.131 e. The van der Waals surface area contributed by atoms with Crippen molar-refractivity contribution in [3.05, 3.63) is 257 Å². The zero-order chi connectivity index (χ0) is 45.5. The van der Waals surface area contributed by atoms with Crippen LogP contribution in [0.5, 0.6) is 11.5 Å². The van der Waals surface area contributed by atoms with E-state index in [0.717, 1.165) is 22.9 Å². The molecule has 0 bridgehead atoms. The van der Waals surface area contributed by atoms with E-state index in [2.05, 4.69) is 245 Å². The molecule has 1 aromatic heterocycles. The Morgan fingerprint density at radius 2 is 0.897 bits per heavy atom. The number of rotatable bonds is 5. The van der Waals surface area contributed by atoms with Gasteiger partial charge < -0.3 is 9.64 Å². The van der Waals surface area contributed by atoms with Crippen molar-refractivity contribution in [1.82, 2.24) is 0 Å². The minimum atomic E-state index is -0.622. The van der Waals surface area contributed by atoms with Crippen molar-refractivity contribution < 1.29 is 4.74 Å². The molecule has 10 aromatic carbocycles. The van der Waals surface area contributed by atoms with E-state index in [0.29, 0.717) is 0 Å². The normalized spacial score (nSPS) is 15.2. The summed E-state index contributed by atoms with van der Waals surface area (Å²) in [4.78, 5) is 2.59. The highest BCUT2D eigenvalue weighted by molar-refractivity contribution is 7.26. The van der Waals surface area contributed by atoms with Gasteiger partial charge in [0.1, 0.15) is 11.5 Å². The van der Waals surface area contributed by atoms with Crippen LogP contribution in [0, 0.1) is 0 Å². The highest BCUT2D eigenvalue weighted by atomic mass is 32.1. The van der Waals surface area contributed by atoms with E-state index in [1.807, 2.05) is 11.3 Å². The van der Waals surface area contributed by atoms with Gasteiger partial charge in [0.15, 0.2) is 0 Å². The molecular formula is C65H47NOS. The number of ether oxygens (including phenoxy) is 1. The Bertz CT molecular complexity index is 3860. The first-order chi connectivity index (χ1) is 33.3. The highest BCUT2D eigenvalue weighted by Crippen LogP contribution is 2.63. The van der Waals surface area contributed by atoms with Crippen molar-refractivity contribution in [3.63, 3.8) is 0 Å². The zero-order valence-electron chi connectivity index (χ0n) is 38.5. The first kappa shape index (κ1) is 39.4. The minimum absolute atomic E-state index is 0.187. The summed E-state index contributed by atoms with van der Waals surface area (Å²) in [5, 5.41) is 5.02. The standard InChI is InChI=1S/C65H47NOS/c1-63(2)50-28-14-10-22-43(50)46-36-34-41(38-54(46)63)66(42-35-37-57-55(39-42)64(3,4)53-31-17-18-32-56(53)67-57)61-48-26-9-8-25-47(48)60(59-49-27-13-19-33-58(49)68-62(59)61)65(40-20-6-5-7-21-40)51-29-15-11-23-44(51)45-24-12-16-30-52(45)65/h5-39H,1-4H3. The molecule has 0 saturated heterocycles. The Balaban J connectivity index is 1.14. The topological polar surface area (TPSA) is 12.5 Å². The van der Waals surface area contributed by atoms with Crippen molar-refractivity contribution in [2.45, 2.75) is 43.9 Å². The van der Waals surface area contributed by atoms with Gasteiger partial charge in [-0.2, -0.15) is 0 Å². The number of thiophene rings is 1. The van der Waals surface area contributed by atoms with Crippen LogP contribution >= 0.6 is 11.3 Å². The molecule has 1 aliphatic heterocycles. The summed E-state index contributed by atoms with van der Waals surface area (Å²) < 4.78 is 9.26. The maximum absolute atomic E-state index is 6.73. The van der Waals surface area contributed by atoms with E-state index < -0.39 is 5.41 Å². The fraction of sp³-hybridized carbons (Fsp3) is 0.108. The molecule has 68 heavy (non-hydrogen) atoms. The monoisotopic (exact) mass is 889 g/mol. The number of para-hydroxylation sites is 1. The number of anilines is 3. The van der Waals surface area contributed by atoms with Crippen LogP contribution in [0.25, 0.3) is 53.2 Å².